The molecule has 5 nitrogen and oxygen atoms in total. The molecule has 0 aliphatic carbocycles. The van der Waals surface area contributed by atoms with Crippen LogP contribution in [-0.4, -0.2) is 39.0 Å². The Bertz CT molecular complexity index is 581. The molecule has 6 heteroatoms. The van der Waals surface area contributed by atoms with Gasteiger partial charge in [-0.2, -0.15) is 4.31 Å². The Kier molecular flexibility index (Phi) is 5.37. The van der Waals surface area contributed by atoms with Gasteiger partial charge in [0.05, 0.1) is 11.0 Å². The van der Waals surface area contributed by atoms with Gasteiger partial charge in [0.2, 0.25) is 10.0 Å². The van der Waals surface area contributed by atoms with Crippen LogP contribution in [0.2, 0.25) is 0 Å². The van der Waals surface area contributed by atoms with Gasteiger partial charge in [0.1, 0.15) is 0 Å². The van der Waals surface area contributed by atoms with Gasteiger partial charge in [0.15, 0.2) is 0 Å². The summed E-state index contributed by atoms with van der Waals surface area (Å²) in [6.07, 6.45) is 3.07. The lowest BCUT2D eigenvalue weighted by Gasteiger charge is -2.27. The molecule has 0 spiro atoms. The molecule has 1 fully saturated rings. The van der Waals surface area contributed by atoms with E-state index in [1.165, 1.54) is 4.31 Å². The van der Waals surface area contributed by atoms with Crippen molar-refractivity contribution in [1.29, 1.82) is 0 Å². The Morgan fingerprint density at radius 3 is 2.76 bits per heavy atom. The highest BCUT2D eigenvalue weighted by Crippen LogP contribution is 2.23. The lowest BCUT2D eigenvalue weighted by atomic mass is 10.1. The Morgan fingerprint density at radius 1 is 1.38 bits per heavy atom. The van der Waals surface area contributed by atoms with Crippen molar-refractivity contribution in [2.24, 2.45) is 5.73 Å². The van der Waals surface area contributed by atoms with E-state index in [0.717, 1.165) is 37.0 Å². The maximum atomic E-state index is 12.7. The predicted molar refractivity (Wildman–Crippen MR) is 82.5 cm³/mol. The van der Waals surface area contributed by atoms with Crippen molar-refractivity contribution in [2.45, 2.75) is 43.7 Å². The van der Waals surface area contributed by atoms with Crippen molar-refractivity contribution in [2.75, 3.05) is 20.2 Å². The van der Waals surface area contributed by atoms with Gasteiger partial charge in [0.25, 0.3) is 0 Å². The van der Waals surface area contributed by atoms with Gasteiger partial charge in [-0.25, -0.2) is 8.42 Å². The number of nitrogens with two attached hydrogens (primary N) is 1. The third-order valence-corrected chi connectivity index (χ3v) is 6.01. The van der Waals surface area contributed by atoms with Gasteiger partial charge in [0, 0.05) is 26.7 Å². The van der Waals surface area contributed by atoms with Crippen LogP contribution in [0.3, 0.4) is 0 Å². The standard InChI is InChI=1S/C15H24N2O3S/c1-12-13(10-16)6-5-8-15(12)21(18,19)17(2)11-14-7-3-4-9-20-14/h5-6,8,14H,3-4,7,9-11,16H2,1-2H3. The summed E-state index contributed by atoms with van der Waals surface area (Å²) in [6, 6.07) is 5.24. The van der Waals surface area contributed by atoms with E-state index in [4.69, 9.17) is 10.5 Å². The third kappa shape index (κ3) is 3.63. The summed E-state index contributed by atoms with van der Waals surface area (Å²) in [5, 5.41) is 0. The smallest absolute Gasteiger partial charge is 0.243 e. The third-order valence-electron chi connectivity index (χ3n) is 4.04. The number of hydrogen-bond acceptors (Lipinski definition) is 4. The monoisotopic (exact) mass is 312 g/mol. The van der Waals surface area contributed by atoms with Crippen LogP contribution < -0.4 is 5.73 Å². The number of likely N-dealkylation sites (N-methyl/N-ethyl adjacent to an activating group) is 1. The number of nitrogens with zero attached hydrogens (tertiary/aromatic N) is 1. The number of benzene rings is 1. The maximum absolute atomic E-state index is 12.7. The molecule has 1 aromatic carbocycles. The summed E-state index contributed by atoms with van der Waals surface area (Å²) in [4.78, 5) is 0.337. The average Bonchev–Trinajstić information content (AvgIpc) is 2.48. The van der Waals surface area contributed by atoms with Crippen LogP contribution in [0, 0.1) is 6.92 Å². The van der Waals surface area contributed by atoms with Crippen molar-refractivity contribution in [3.8, 4) is 0 Å². The Balaban J connectivity index is 2.20. The fraction of sp³-hybridized carbons (Fsp3) is 0.600. The number of rotatable bonds is 5. The second-order valence-corrected chi connectivity index (χ2v) is 7.53. The van der Waals surface area contributed by atoms with Gasteiger partial charge in [-0.05, 0) is 43.4 Å². The van der Waals surface area contributed by atoms with E-state index in [9.17, 15) is 8.42 Å². The second-order valence-electron chi connectivity index (χ2n) is 5.52. The van der Waals surface area contributed by atoms with E-state index in [-0.39, 0.29) is 6.10 Å². The first-order chi connectivity index (χ1) is 9.96. The molecule has 1 saturated heterocycles. The topological polar surface area (TPSA) is 72.6 Å². The zero-order valence-corrected chi connectivity index (χ0v) is 13.5. The second kappa shape index (κ2) is 6.87. The summed E-state index contributed by atoms with van der Waals surface area (Å²) >= 11 is 0. The van der Waals surface area contributed by atoms with Crippen molar-refractivity contribution in [3.05, 3.63) is 29.3 Å². The molecule has 1 atom stereocenters. The van der Waals surface area contributed by atoms with Crippen molar-refractivity contribution in [1.82, 2.24) is 4.31 Å². The average molecular weight is 312 g/mol. The van der Waals surface area contributed by atoms with E-state index >= 15 is 0 Å². The van der Waals surface area contributed by atoms with Crippen LogP contribution in [0.15, 0.2) is 23.1 Å². The number of ether oxygens (including phenoxy) is 1. The minimum Gasteiger partial charge on any atom is -0.377 e. The van der Waals surface area contributed by atoms with E-state index in [2.05, 4.69) is 0 Å². The molecular weight excluding hydrogens is 288 g/mol. The summed E-state index contributed by atoms with van der Waals surface area (Å²) in [5.41, 5.74) is 7.25. The first-order valence-corrected chi connectivity index (χ1v) is 8.77. The lowest BCUT2D eigenvalue weighted by molar-refractivity contribution is 0.00858. The van der Waals surface area contributed by atoms with Gasteiger partial charge in [-0.3, -0.25) is 0 Å². The van der Waals surface area contributed by atoms with Crippen molar-refractivity contribution in [3.63, 3.8) is 0 Å². The van der Waals surface area contributed by atoms with E-state index < -0.39 is 10.0 Å². The van der Waals surface area contributed by atoms with Crippen LogP contribution in [0.4, 0.5) is 0 Å². The van der Waals surface area contributed by atoms with Crippen molar-refractivity contribution < 1.29 is 13.2 Å². The molecule has 2 rings (SSSR count). The highest BCUT2D eigenvalue weighted by Gasteiger charge is 2.27. The zero-order chi connectivity index (χ0) is 15.5. The number of hydrogen-bond donors (Lipinski definition) is 1. The molecule has 0 radical (unpaired) electrons. The van der Waals surface area contributed by atoms with Crippen LogP contribution in [0.1, 0.15) is 30.4 Å². The largest absolute Gasteiger partial charge is 0.377 e. The summed E-state index contributed by atoms with van der Waals surface area (Å²) in [6.45, 7) is 3.26. The highest BCUT2D eigenvalue weighted by molar-refractivity contribution is 7.89. The van der Waals surface area contributed by atoms with E-state index in [1.807, 2.05) is 6.07 Å². The minimum absolute atomic E-state index is 0.00322. The van der Waals surface area contributed by atoms with Gasteiger partial charge < -0.3 is 10.5 Å². The summed E-state index contributed by atoms with van der Waals surface area (Å²) in [5.74, 6) is 0. The highest BCUT2D eigenvalue weighted by atomic mass is 32.2. The van der Waals surface area contributed by atoms with Gasteiger partial charge >= 0.3 is 0 Å². The molecule has 1 heterocycles. The first-order valence-electron chi connectivity index (χ1n) is 7.33. The molecule has 1 aliphatic heterocycles. The molecule has 0 aromatic heterocycles. The van der Waals surface area contributed by atoms with Crippen LogP contribution in [0.25, 0.3) is 0 Å². The Hall–Kier alpha value is -0.950. The number of sulfonamides is 1. The molecule has 0 bridgehead atoms. The fourth-order valence-electron chi connectivity index (χ4n) is 2.66. The first kappa shape index (κ1) is 16.4. The normalized spacial score (nSPS) is 19.9. The van der Waals surface area contributed by atoms with Gasteiger partial charge in [-0.15, -0.1) is 0 Å². The van der Waals surface area contributed by atoms with E-state index in [0.29, 0.717) is 18.0 Å². The predicted octanol–water partition coefficient (Wildman–Crippen LogP) is 1.64. The molecule has 118 valence electrons. The zero-order valence-electron chi connectivity index (χ0n) is 12.7. The van der Waals surface area contributed by atoms with Crippen LogP contribution in [0.5, 0.6) is 0 Å². The molecule has 1 aromatic rings. The fourth-order valence-corrected chi connectivity index (χ4v) is 4.13. The maximum Gasteiger partial charge on any atom is 0.243 e. The van der Waals surface area contributed by atoms with Crippen LogP contribution in [-0.2, 0) is 21.3 Å². The Labute approximate surface area is 127 Å². The lowest BCUT2D eigenvalue weighted by Crippen LogP contribution is -2.37. The van der Waals surface area contributed by atoms with Gasteiger partial charge in [-0.1, -0.05) is 12.1 Å². The minimum atomic E-state index is -3.50. The molecule has 1 aliphatic rings. The van der Waals surface area contributed by atoms with E-state index in [1.54, 1.807) is 26.1 Å². The van der Waals surface area contributed by atoms with Crippen LogP contribution >= 0.6 is 0 Å². The Morgan fingerprint density at radius 2 is 2.14 bits per heavy atom. The summed E-state index contributed by atoms with van der Waals surface area (Å²) in [7, 11) is -1.89. The molecule has 0 saturated carbocycles. The molecule has 0 amide bonds. The quantitative estimate of drug-likeness (QED) is 0.897. The molecule has 21 heavy (non-hydrogen) atoms. The molecule has 2 N–H and O–H groups in total. The molecular formula is C15H24N2O3S. The molecule has 1 unspecified atom stereocenters. The SMILES string of the molecule is Cc1c(CN)cccc1S(=O)(=O)N(C)CC1CCCCO1. The van der Waals surface area contributed by atoms with Crippen molar-refractivity contribution >= 4 is 10.0 Å². The summed E-state index contributed by atoms with van der Waals surface area (Å²) < 4.78 is 32.5.